The Morgan fingerprint density at radius 2 is 1.67 bits per heavy atom. The first-order valence-corrected chi connectivity index (χ1v) is 7.51. The smallest absolute Gasteiger partial charge is 0.0626 e. The van der Waals surface area contributed by atoms with Crippen LogP contribution in [-0.4, -0.2) is 24.8 Å². The molecule has 110 valence electrons. The monoisotopic (exact) mass is 257 g/mol. The molecule has 0 aliphatic carbocycles. The molecular formula is C16H35NO. The molecule has 0 fully saturated rings. The Bertz CT molecular complexity index is 200. The van der Waals surface area contributed by atoms with E-state index in [4.69, 9.17) is 4.74 Å². The zero-order valence-electron chi connectivity index (χ0n) is 13.7. The van der Waals surface area contributed by atoms with Gasteiger partial charge >= 0.3 is 0 Å². The average molecular weight is 257 g/mol. The van der Waals surface area contributed by atoms with Gasteiger partial charge in [0.15, 0.2) is 0 Å². The van der Waals surface area contributed by atoms with Gasteiger partial charge in [-0.2, -0.15) is 0 Å². The van der Waals surface area contributed by atoms with Crippen molar-refractivity contribution in [2.45, 2.75) is 85.8 Å². The maximum Gasteiger partial charge on any atom is 0.0626 e. The van der Waals surface area contributed by atoms with Crippen LogP contribution in [0.1, 0.15) is 74.1 Å². The Hall–Kier alpha value is -0.0800. The summed E-state index contributed by atoms with van der Waals surface area (Å²) >= 11 is 0. The SMILES string of the molecule is CCCNC(CCCC(C)(C)C)COC(C)(C)C. The summed E-state index contributed by atoms with van der Waals surface area (Å²) in [5, 5.41) is 3.60. The molecule has 0 saturated carbocycles. The lowest BCUT2D eigenvalue weighted by atomic mass is 9.89. The van der Waals surface area contributed by atoms with Crippen LogP contribution in [0.2, 0.25) is 0 Å². The minimum absolute atomic E-state index is 0.0316. The number of nitrogens with one attached hydrogen (secondary N) is 1. The second-order valence-corrected chi connectivity index (χ2v) is 7.53. The third-order valence-electron chi connectivity index (χ3n) is 2.88. The van der Waals surface area contributed by atoms with E-state index in [1.54, 1.807) is 0 Å². The summed E-state index contributed by atoms with van der Waals surface area (Å²) in [7, 11) is 0. The summed E-state index contributed by atoms with van der Waals surface area (Å²) in [4.78, 5) is 0. The van der Waals surface area contributed by atoms with Crippen molar-refractivity contribution in [2.75, 3.05) is 13.2 Å². The van der Waals surface area contributed by atoms with Crippen LogP contribution in [0.4, 0.5) is 0 Å². The van der Waals surface area contributed by atoms with Crippen molar-refractivity contribution in [3.63, 3.8) is 0 Å². The van der Waals surface area contributed by atoms with E-state index in [2.05, 4.69) is 53.8 Å². The Balaban J connectivity index is 3.99. The topological polar surface area (TPSA) is 21.3 Å². The molecule has 0 spiro atoms. The van der Waals surface area contributed by atoms with E-state index in [1.807, 2.05) is 0 Å². The van der Waals surface area contributed by atoms with Gasteiger partial charge in [-0.25, -0.2) is 0 Å². The summed E-state index contributed by atoms with van der Waals surface area (Å²) in [6.07, 6.45) is 4.96. The van der Waals surface area contributed by atoms with Crippen molar-refractivity contribution >= 4 is 0 Å². The van der Waals surface area contributed by atoms with Crippen molar-refractivity contribution in [1.29, 1.82) is 0 Å². The van der Waals surface area contributed by atoms with Crippen LogP contribution in [0.15, 0.2) is 0 Å². The molecule has 0 radical (unpaired) electrons. The molecule has 2 heteroatoms. The fraction of sp³-hybridized carbons (Fsp3) is 1.00. The molecule has 0 aliphatic heterocycles. The summed E-state index contributed by atoms with van der Waals surface area (Å²) in [5.74, 6) is 0. The van der Waals surface area contributed by atoms with Gasteiger partial charge in [-0.3, -0.25) is 0 Å². The maximum atomic E-state index is 5.91. The molecule has 18 heavy (non-hydrogen) atoms. The van der Waals surface area contributed by atoms with Crippen LogP contribution in [0.25, 0.3) is 0 Å². The third kappa shape index (κ3) is 12.4. The lowest BCUT2D eigenvalue weighted by Gasteiger charge is -2.26. The fourth-order valence-electron chi connectivity index (χ4n) is 1.82. The van der Waals surface area contributed by atoms with Crippen LogP contribution < -0.4 is 5.32 Å². The standard InChI is InChI=1S/C16H35NO/c1-8-12-17-14(13-18-16(5,6)7)10-9-11-15(2,3)4/h14,17H,8-13H2,1-7H3. The number of hydrogen-bond acceptors (Lipinski definition) is 2. The lowest BCUT2D eigenvalue weighted by Crippen LogP contribution is -2.37. The molecule has 0 aromatic carbocycles. The predicted molar refractivity (Wildman–Crippen MR) is 81.1 cm³/mol. The zero-order valence-corrected chi connectivity index (χ0v) is 13.7. The Morgan fingerprint density at radius 3 is 2.11 bits per heavy atom. The summed E-state index contributed by atoms with van der Waals surface area (Å²) < 4.78 is 5.91. The van der Waals surface area contributed by atoms with Gasteiger partial charge in [0.2, 0.25) is 0 Å². The molecule has 0 bridgehead atoms. The quantitative estimate of drug-likeness (QED) is 0.696. The molecule has 1 N–H and O–H groups in total. The number of rotatable bonds is 8. The highest BCUT2D eigenvalue weighted by atomic mass is 16.5. The molecule has 0 aliphatic rings. The summed E-state index contributed by atoms with van der Waals surface area (Å²) in [6.45, 7) is 17.4. The molecule has 1 atom stereocenters. The molecule has 1 unspecified atom stereocenters. The first kappa shape index (κ1) is 17.9. The maximum absolute atomic E-state index is 5.91. The van der Waals surface area contributed by atoms with Crippen LogP contribution in [-0.2, 0) is 4.74 Å². The highest BCUT2D eigenvalue weighted by molar-refractivity contribution is 4.71. The minimum atomic E-state index is -0.0316. The molecule has 0 saturated heterocycles. The van der Waals surface area contributed by atoms with Crippen molar-refractivity contribution in [3.05, 3.63) is 0 Å². The van der Waals surface area contributed by atoms with Crippen LogP contribution >= 0.6 is 0 Å². The average Bonchev–Trinajstić information content (AvgIpc) is 2.18. The van der Waals surface area contributed by atoms with Crippen molar-refractivity contribution in [3.8, 4) is 0 Å². The molecule has 0 heterocycles. The van der Waals surface area contributed by atoms with Gasteiger partial charge in [0.05, 0.1) is 12.2 Å². The van der Waals surface area contributed by atoms with E-state index < -0.39 is 0 Å². The first-order valence-electron chi connectivity index (χ1n) is 7.51. The third-order valence-corrected chi connectivity index (χ3v) is 2.88. The Kier molecular flexibility index (Phi) is 8.13. The zero-order chi connectivity index (χ0) is 14.2. The summed E-state index contributed by atoms with van der Waals surface area (Å²) in [6, 6.07) is 0.506. The molecule has 0 amide bonds. The first-order chi connectivity index (χ1) is 8.14. The van der Waals surface area contributed by atoms with Crippen molar-refractivity contribution in [1.82, 2.24) is 5.32 Å². The van der Waals surface area contributed by atoms with E-state index in [0.29, 0.717) is 11.5 Å². The second-order valence-electron chi connectivity index (χ2n) is 7.53. The van der Waals surface area contributed by atoms with Gasteiger partial charge in [-0.15, -0.1) is 0 Å². The summed E-state index contributed by atoms with van der Waals surface area (Å²) in [5.41, 5.74) is 0.413. The predicted octanol–water partition coefficient (Wildman–Crippen LogP) is 4.39. The lowest BCUT2D eigenvalue weighted by molar-refractivity contribution is -0.0158. The largest absolute Gasteiger partial charge is 0.374 e. The van der Waals surface area contributed by atoms with Gasteiger partial charge in [-0.05, 0) is 52.0 Å². The van der Waals surface area contributed by atoms with E-state index in [9.17, 15) is 0 Å². The number of ether oxygens (including phenoxy) is 1. The van der Waals surface area contributed by atoms with Crippen LogP contribution in [0, 0.1) is 5.41 Å². The van der Waals surface area contributed by atoms with E-state index in [1.165, 1.54) is 25.7 Å². The molecule has 0 aromatic heterocycles. The normalized spacial score (nSPS) is 14.8. The van der Waals surface area contributed by atoms with Crippen molar-refractivity contribution < 1.29 is 4.74 Å². The van der Waals surface area contributed by atoms with Gasteiger partial charge in [0.25, 0.3) is 0 Å². The fourth-order valence-corrected chi connectivity index (χ4v) is 1.82. The van der Waals surface area contributed by atoms with Gasteiger partial charge in [0, 0.05) is 6.04 Å². The van der Waals surface area contributed by atoms with Gasteiger partial charge in [-0.1, -0.05) is 34.1 Å². The van der Waals surface area contributed by atoms with E-state index >= 15 is 0 Å². The minimum Gasteiger partial charge on any atom is -0.374 e. The highest BCUT2D eigenvalue weighted by Crippen LogP contribution is 2.22. The molecule has 0 rings (SSSR count). The molecular weight excluding hydrogens is 222 g/mol. The second kappa shape index (κ2) is 8.16. The van der Waals surface area contributed by atoms with Crippen LogP contribution in [0.3, 0.4) is 0 Å². The molecule has 2 nitrogen and oxygen atoms in total. The molecule has 0 aromatic rings. The Morgan fingerprint density at radius 1 is 1.06 bits per heavy atom. The number of hydrogen-bond donors (Lipinski definition) is 1. The van der Waals surface area contributed by atoms with Crippen LogP contribution in [0.5, 0.6) is 0 Å². The van der Waals surface area contributed by atoms with Gasteiger partial charge < -0.3 is 10.1 Å². The van der Waals surface area contributed by atoms with E-state index in [0.717, 1.165) is 13.2 Å². The van der Waals surface area contributed by atoms with Crippen molar-refractivity contribution in [2.24, 2.45) is 5.41 Å². The van der Waals surface area contributed by atoms with Gasteiger partial charge in [0.1, 0.15) is 0 Å². The van der Waals surface area contributed by atoms with E-state index in [-0.39, 0.29) is 5.60 Å². The highest BCUT2D eigenvalue weighted by Gasteiger charge is 2.16. The Labute approximate surface area is 115 Å².